The zero-order chi connectivity index (χ0) is 13.3. The molecule has 100 valence electrons. The molecule has 0 saturated heterocycles. The van der Waals surface area contributed by atoms with Gasteiger partial charge in [-0.05, 0) is 63.6 Å². The number of aryl methyl sites for hydroxylation is 2. The molecule has 1 aliphatic carbocycles. The maximum absolute atomic E-state index is 12.1. The first-order valence-electron chi connectivity index (χ1n) is 6.67. The number of rotatable bonds is 3. The number of hydrogen-bond acceptors (Lipinski definition) is 2. The first-order valence-corrected chi connectivity index (χ1v) is 7.82. The van der Waals surface area contributed by atoms with Crippen molar-refractivity contribution >= 4 is 11.4 Å². The van der Waals surface area contributed by atoms with Crippen LogP contribution in [-0.2, 0) is 24.2 Å². The normalized spacial score (nSPS) is 18.5. The molecular formula is C15H23NOS. The number of benzene rings is 1. The summed E-state index contributed by atoms with van der Waals surface area (Å²) in [6, 6.07) is 6.81. The van der Waals surface area contributed by atoms with E-state index in [2.05, 4.69) is 29.8 Å². The van der Waals surface area contributed by atoms with Gasteiger partial charge < -0.3 is 4.55 Å². The fraction of sp³-hybridized carbons (Fsp3) is 0.600. The van der Waals surface area contributed by atoms with Gasteiger partial charge in [0.15, 0.2) is 0 Å². The van der Waals surface area contributed by atoms with E-state index < -0.39 is 11.4 Å². The van der Waals surface area contributed by atoms with Crippen molar-refractivity contribution in [2.45, 2.75) is 57.7 Å². The Morgan fingerprint density at radius 2 is 1.89 bits per heavy atom. The minimum Gasteiger partial charge on any atom is -0.598 e. The first-order chi connectivity index (χ1) is 8.38. The Bertz CT molecular complexity index is 425. The van der Waals surface area contributed by atoms with Gasteiger partial charge in [0, 0.05) is 11.4 Å². The van der Waals surface area contributed by atoms with Crippen molar-refractivity contribution in [2.75, 3.05) is 0 Å². The zero-order valence-corrected chi connectivity index (χ0v) is 12.6. The Balaban J connectivity index is 2.07. The molecule has 18 heavy (non-hydrogen) atoms. The highest BCUT2D eigenvalue weighted by atomic mass is 32.2. The van der Waals surface area contributed by atoms with E-state index in [4.69, 9.17) is 0 Å². The molecule has 0 aliphatic heterocycles. The molecule has 0 radical (unpaired) electrons. The van der Waals surface area contributed by atoms with Crippen molar-refractivity contribution in [2.24, 2.45) is 0 Å². The molecule has 2 nitrogen and oxygen atoms in total. The van der Waals surface area contributed by atoms with Gasteiger partial charge in [0.25, 0.3) is 0 Å². The zero-order valence-electron chi connectivity index (χ0n) is 11.7. The van der Waals surface area contributed by atoms with E-state index in [9.17, 15) is 4.55 Å². The Labute approximate surface area is 113 Å². The van der Waals surface area contributed by atoms with Crippen molar-refractivity contribution in [1.29, 1.82) is 0 Å². The van der Waals surface area contributed by atoms with E-state index in [0.717, 1.165) is 0 Å². The lowest BCUT2D eigenvalue weighted by Crippen LogP contribution is -2.40. The molecule has 0 spiro atoms. The summed E-state index contributed by atoms with van der Waals surface area (Å²) >= 11 is -1.02. The van der Waals surface area contributed by atoms with Crippen LogP contribution in [0.15, 0.2) is 18.2 Å². The second kappa shape index (κ2) is 5.24. The van der Waals surface area contributed by atoms with Crippen molar-refractivity contribution in [3.05, 3.63) is 34.9 Å². The quantitative estimate of drug-likeness (QED) is 0.851. The third kappa shape index (κ3) is 3.08. The molecule has 0 amide bonds. The van der Waals surface area contributed by atoms with E-state index in [-0.39, 0.29) is 10.8 Å². The van der Waals surface area contributed by atoms with Crippen molar-refractivity contribution in [3.8, 4) is 0 Å². The van der Waals surface area contributed by atoms with Gasteiger partial charge in [-0.2, -0.15) is 0 Å². The van der Waals surface area contributed by atoms with Crippen molar-refractivity contribution in [3.63, 3.8) is 0 Å². The van der Waals surface area contributed by atoms with Crippen LogP contribution in [0, 0.1) is 0 Å². The van der Waals surface area contributed by atoms with Gasteiger partial charge in [-0.1, -0.05) is 18.2 Å². The second-order valence-electron chi connectivity index (χ2n) is 6.10. The third-order valence-corrected chi connectivity index (χ3v) is 5.14. The standard InChI is InChI=1S/C15H23NOS/c1-11(16-18(17)15(2,3)4)13-9-8-12-6-5-7-14(12)10-13/h8-11,16H,5-7H2,1-4H3. The molecule has 1 N–H and O–H groups in total. The summed E-state index contributed by atoms with van der Waals surface area (Å²) in [5, 5.41) is 0. The van der Waals surface area contributed by atoms with Gasteiger partial charge >= 0.3 is 0 Å². The van der Waals surface area contributed by atoms with Crippen LogP contribution in [0.3, 0.4) is 0 Å². The third-order valence-electron chi connectivity index (χ3n) is 3.46. The molecule has 0 fully saturated rings. The summed E-state index contributed by atoms with van der Waals surface area (Å²) in [5.41, 5.74) is 4.21. The smallest absolute Gasteiger partial charge is 0.136 e. The molecule has 2 atom stereocenters. The van der Waals surface area contributed by atoms with Crippen molar-refractivity contribution in [1.82, 2.24) is 4.72 Å². The molecular weight excluding hydrogens is 242 g/mol. The molecule has 0 heterocycles. The average Bonchev–Trinajstić information content (AvgIpc) is 2.74. The fourth-order valence-corrected chi connectivity index (χ4v) is 3.08. The van der Waals surface area contributed by atoms with Gasteiger partial charge in [0.2, 0.25) is 0 Å². The Hall–Kier alpha value is -0.510. The monoisotopic (exact) mass is 265 g/mol. The number of fused-ring (bicyclic) bond motifs is 1. The minimum absolute atomic E-state index is 0.135. The molecule has 1 aromatic carbocycles. The summed E-state index contributed by atoms with van der Waals surface area (Å²) in [6.45, 7) is 8.06. The lowest BCUT2D eigenvalue weighted by Gasteiger charge is -2.26. The van der Waals surface area contributed by atoms with Crippen LogP contribution in [-0.4, -0.2) is 9.30 Å². The van der Waals surface area contributed by atoms with Gasteiger partial charge in [0.05, 0.1) is 6.04 Å². The van der Waals surface area contributed by atoms with E-state index in [1.54, 1.807) is 0 Å². The topological polar surface area (TPSA) is 35.1 Å². The molecule has 0 bridgehead atoms. The molecule has 3 heteroatoms. The van der Waals surface area contributed by atoms with Crippen LogP contribution in [0.25, 0.3) is 0 Å². The molecule has 0 aromatic heterocycles. The van der Waals surface area contributed by atoms with Crippen molar-refractivity contribution < 1.29 is 4.55 Å². The summed E-state index contributed by atoms with van der Waals surface area (Å²) in [7, 11) is 0. The predicted octanol–water partition coefficient (Wildman–Crippen LogP) is 3.29. The predicted molar refractivity (Wildman–Crippen MR) is 77.9 cm³/mol. The Morgan fingerprint density at radius 1 is 1.22 bits per heavy atom. The molecule has 1 aromatic rings. The lowest BCUT2D eigenvalue weighted by atomic mass is 10.0. The maximum Gasteiger partial charge on any atom is 0.136 e. The largest absolute Gasteiger partial charge is 0.598 e. The number of nitrogens with one attached hydrogen (secondary N) is 1. The summed E-state index contributed by atoms with van der Waals surface area (Å²) in [5.74, 6) is 0. The molecule has 1 aliphatic rings. The van der Waals surface area contributed by atoms with Crippen LogP contribution in [0.4, 0.5) is 0 Å². The Kier molecular flexibility index (Phi) is 4.05. The van der Waals surface area contributed by atoms with Gasteiger partial charge in [0.1, 0.15) is 4.75 Å². The summed E-state index contributed by atoms with van der Waals surface area (Å²) in [4.78, 5) is 0. The first kappa shape index (κ1) is 13.9. The lowest BCUT2D eigenvalue weighted by molar-refractivity contribution is 0.531. The van der Waals surface area contributed by atoms with Crippen LogP contribution < -0.4 is 4.72 Å². The van der Waals surface area contributed by atoms with E-state index in [1.165, 1.54) is 36.0 Å². The second-order valence-corrected chi connectivity index (χ2v) is 8.10. The highest BCUT2D eigenvalue weighted by Gasteiger charge is 2.28. The average molecular weight is 265 g/mol. The molecule has 0 saturated carbocycles. The van der Waals surface area contributed by atoms with E-state index >= 15 is 0 Å². The highest BCUT2D eigenvalue weighted by molar-refractivity contribution is 7.90. The Morgan fingerprint density at radius 3 is 2.56 bits per heavy atom. The van der Waals surface area contributed by atoms with Gasteiger partial charge in [-0.15, -0.1) is 4.72 Å². The molecule has 2 rings (SSSR count). The SMILES string of the molecule is CC(N[S+]([O-])C(C)(C)C)c1ccc2c(c1)CCC2. The fourth-order valence-electron chi connectivity index (χ4n) is 2.27. The van der Waals surface area contributed by atoms with Crippen LogP contribution in [0.1, 0.15) is 56.8 Å². The van der Waals surface area contributed by atoms with E-state index in [1.807, 2.05) is 20.8 Å². The van der Waals surface area contributed by atoms with Gasteiger partial charge in [-0.3, -0.25) is 0 Å². The summed E-state index contributed by atoms with van der Waals surface area (Å²) in [6.07, 6.45) is 3.68. The molecule has 2 unspecified atom stereocenters. The van der Waals surface area contributed by atoms with Crippen LogP contribution in [0.2, 0.25) is 0 Å². The van der Waals surface area contributed by atoms with Crippen LogP contribution >= 0.6 is 0 Å². The highest BCUT2D eigenvalue weighted by Crippen LogP contribution is 2.26. The maximum atomic E-state index is 12.1. The summed E-state index contributed by atoms with van der Waals surface area (Å²) < 4.78 is 15.1. The van der Waals surface area contributed by atoms with Gasteiger partial charge in [-0.25, -0.2) is 0 Å². The van der Waals surface area contributed by atoms with Crippen LogP contribution in [0.5, 0.6) is 0 Å². The minimum atomic E-state index is -1.02. The van der Waals surface area contributed by atoms with E-state index in [0.29, 0.717) is 0 Å². The number of hydrogen-bond donors (Lipinski definition) is 1.